The topological polar surface area (TPSA) is 48.2 Å². The van der Waals surface area contributed by atoms with Crippen LogP contribution in [0.1, 0.15) is 39.5 Å². The van der Waals surface area contributed by atoms with E-state index >= 15 is 0 Å². The first-order chi connectivity index (χ1) is 8.97. The summed E-state index contributed by atoms with van der Waals surface area (Å²) >= 11 is 6.18. The molecule has 2 aromatic rings. The van der Waals surface area contributed by atoms with Crippen LogP contribution in [0.3, 0.4) is 0 Å². The fourth-order valence-electron chi connectivity index (χ4n) is 1.58. The molecule has 0 atom stereocenters. The SMILES string of the molecule is CC(C)Oc1ccc(-c2noc(C(C)C)n2)cc1Cl. The molecule has 5 heteroatoms. The average Bonchev–Trinajstić information content (AvgIpc) is 2.80. The van der Waals surface area contributed by atoms with Gasteiger partial charge in [0, 0.05) is 11.5 Å². The number of rotatable bonds is 4. The largest absolute Gasteiger partial charge is 0.489 e. The first-order valence-electron chi connectivity index (χ1n) is 6.27. The molecule has 0 aliphatic carbocycles. The van der Waals surface area contributed by atoms with E-state index < -0.39 is 0 Å². The Bertz CT molecular complexity index is 564. The molecule has 0 N–H and O–H groups in total. The van der Waals surface area contributed by atoms with Gasteiger partial charge < -0.3 is 9.26 Å². The molecule has 102 valence electrons. The number of ether oxygens (including phenoxy) is 1. The van der Waals surface area contributed by atoms with E-state index in [9.17, 15) is 0 Å². The Balaban J connectivity index is 2.28. The lowest BCUT2D eigenvalue weighted by molar-refractivity contribution is 0.242. The molecule has 1 aromatic carbocycles. The molecule has 2 rings (SSSR count). The van der Waals surface area contributed by atoms with Crippen LogP contribution in [0.25, 0.3) is 11.4 Å². The molecule has 1 heterocycles. The highest BCUT2D eigenvalue weighted by molar-refractivity contribution is 6.32. The van der Waals surface area contributed by atoms with Crippen LogP contribution >= 0.6 is 11.6 Å². The molecular weight excluding hydrogens is 264 g/mol. The van der Waals surface area contributed by atoms with Gasteiger partial charge in [0.15, 0.2) is 0 Å². The molecule has 0 fully saturated rings. The summed E-state index contributed by atoms with van der Waals surface area (Å²) in [6, 6.07) is 5.48. The third-order valence-corrected chi connectivity index (χ3v) is 2.78. The summed E-state index contributed by atoms with van der Waals surface area (Å²) in [5, 5.41) is 4.50. The van der Waals surface area contributed by atoms with Gasteiger partial charge in [-0.3, -0.25) is 0 Å². The lowest BCUT2D eigenvalue weighted by Gasteiger charge is -2.11. The molecule has 0 bridgehead atoms. The van der Waals surface area contributed by atoms with E-state index in [-0.39, 0.29) is 12.0 Å². The van der Waals surface area contributed by atoms with Crippen LogP contribution < -0.4 is 4.74 Å². The highest BCUT2D eigenvalue weighted by atomic mass is 35.5. The first-order valence-corrected chi connectivity index (χ1v) is 6.65. The Hall–Kier alpha value is -1.55. The Labute approximate surface area is 117 Å². The number of hydrogen-bond acceptors (Lipinski definition) is 4. The monoisotopic (exact) mass is 280 g/mol. The van der Waals surface area contributed by atoms with Crippen molar-refractivity contribution in [2.45, 2.75) is 39.7 Å². The minimum atomic E-state index is 0.0843. The van der Waals surface area contributed by atoms with E-state index in [2.05, 4.69) is 10.1 Å². The van der Waals surface area contributed by atoms with Crippen molar-refractivity contribution in [3.8, 4) is 17.1 Å². The standard InChI is InChI=1S/C14H17ClN2O2/c1-8(2)14-16-13(17-19-14)10-5-6-12(11(15)7-10)18-9(3)4/h5-9H,1-4H3. The van der Waals surface area contributed by atoms with Crippen molar-refractivity contribution in [2.75, 3.05) is 0 Å². The molecule has 0 unspecified atom stereocenters. The summed E-state index contributed by atoms with van der Waals surface area (Å²) in [5.41, 5.74) is 0.816. The van der Waals surface area contributed by atoms with E-state index in [1.807, 2.05) is 39.8 Å². The van der Waals surface area contributed by atoms with E-state index in [1.54, 1.807) is 6.07 Å². The van der Waals surface area contributed by atoms with Crippen LogP contribution in [0.4, 0.5) is 0 Å². The van der Waals surface area contributed by atoms with Crippen molar-refractivity contribution in [3.63, 3.8) is 0 Å². The predicted octanol–water partition coefficient (Wildman–Crippen LogP) is 4.30. The number of nitrogens with zero attached hydrogens (tertiary/aromatic N) is 2. The molecule has 0 amide bonds. The van der Waals surface area contributed by atoms with Gasteiger partial charge in [0.05, 0.1) is 11.1 Å². The fraction of sp³-hybridized carbons (Fsp3) is 0.429. The maximum atomic E-state index is 6.18. The van der Waals surface area contributed by atoms with Crippen LogP contribution in [0.2, 0.25) is 5.02 Å². The maximum absolute atomic E-state index is 6.18. The van der Waals surface area contributed by atoms with Gasteiger partial charge in [0.2, 0.25) is 11.7 Å². The van der Waals surface area contributed by atoms with Gasteiger partial charge in [0.1, 0.15) is 5.75 Å². The molecule has 0 aliphatic rings. The second-order valence-corrected chi connectivity index (χ2v) is 5.33. The highest BCUT2D eigenvalue weighted by Crippen LogP contribution is 2.30. The van der Waals surface area contributed by atoms with Gasteiger partial charge in [-0.15, -0.1) is 0 Å². The molecule has 0 radical (unpaired) electrons. The molecule has 0 saturated heterocycles. The van der Waals surface area contributed by atoms with Crippen LogP contribution in [0, 0.1) is 0 Å². The zero-order valence-corrected chi connectivity index (χ0v) is 12.2. The molecular formula is C14H17ClN2O2. The number of benzene rings is 1. The van der Waals surface area contributed by atoms with Crippen molar-refractivity contribution in [1.82, 2.24) is 10.1 Å². The van der Waals surface area contributed by atoms with Crippen molar-refractivity contribution in [2.24, 2.45) is 0 Å². The Morgan fingerprint density at radius 3 is 2.47 bits per heavy atom. The lowest BCUT2D eigenvalue weighted by Crippen LogP contribution is -2.05. The molecule has 0 spiro atoms. The van der Waals surface area contributed by atoms with E-state index in [4.69, 9.17) is 20.9 Å². The van der Waals surface area contributed by atoms with Crippen LogP contribution in [0.15, 0.2) is 22.7 Å². The molecule has 19 heavy (non-hydrogen) atoms. The average molecular weight is 281 g/mol. The smallest absolute Gasteiger partial charge is 0.229 e. The summed E-state index contributed by atoms with van der Waals surface area (Å²) in [6.45, 7) is 7.92. The molecule has 4 nitrogen and oxygen atoms in total. The molecule has 1 aromatic heterocycles. The van der Waals surface area contributed by atoms with Gasteiger partial charge in [-0.1, -0.05) is 30.6 Å². The summed E-state index contributed by atoms with van der Waals surface area (Å²) in [4.78, 5) is 4.33. The van der Waals surface area contributed by atoms with Gasteiger partial charge in [-0.2, -0.15) is 4.98 Å². The summed E-state index contributed by atoms with van der Waals surface area (Å²) in [7, 11) is 0. The zero-order chi connectivity index (χ0) is 14.0. The van der Waals surface area contributed by atoms with Gasteiger partial charge in [0.25, 0.3) is 0 Å². The Morgan fingerprint density at radius 2 is 1.95 bits per heavy atom. The number of halogens is 1. The second-order valence-electron chi connectivity index (χ2n) is 4.92. The summed E-state index contributed by atoms with van der Waals surface area (Å²) in [5.74, 6) is 2.03. The quantitative estimate of drug-likeness (QED) is 0.838. The zero-order valence-electron chi connectivity index (χ0n) is 11.5. The predicted molar refractivity (Wildman–Crippen MR) is 74.6 cm³/mol. The Morgan fingerprint density at radius 1 is 1.21 bits per heavy atom. The van der Waals surface area contributed by atoms with Crippen LogP contribution in [-0.2, 0) is 0 Å². The Kier molecular flexibility index (Phi) is 4.10. The lowest BCUT2D eigenvalue weighted by atomic mass is 10.2. The summed E-state index contributed by atoms with van der Waals surface area (Å²) < 4.78 is 10.8. The van der Waals surface area contributed by atoms with Gasteiger partial charge in [-0.25, -0.2) is 0 Å². The van der Waals surface area contributed by atoms with E-state index in [0.29, 0.717) is 22.5 Å². The molecule has 0 aliphatic heterocycles. The third-order valence-electron chi connectivity index (χ3n) is 2.49. The third kappa shape index (κ3) is 3.26. The van der Waals surface area contributed by atoms with E-state index in [0.717, 1.165) is 5.56 Å². The van der Waals surface area contributed by atoms with Gasteiger partial charge >= 0.3 is 0 Å². The van der Waals surface area contributed by atoms with Crippen molar-refractivity contribution < 1.29 is 9.26 Å². The normalized spacial score (nSPS) is 11.3. The van der Waals surface area contributed by atoms with E-state index in [1.165, 1.54) is 0 Å². The van der Waals surface area contributed by atoms with Crippen molar-refractivity contribution in [3.05, 3.63) is 29.1 Å². The first kappa shape index (κ1) is 13.9. The van der Waals surface area contributed by atoms with Crippen LogP contribution in [0.5, 0.6) is 5.75 Å². The van der Waals surface area contributed by atoms with Gasteiger partial charge in [-0.05, 0) is 32.0 Å². The highest BCUT2D eigenvalue weighted by Gasteiger charge is 2.13. The number of aromatic nitrogens is 2. The maximum Gasteiger partial charge on any atom is 0.229 e. The number of hydrogen-bond donors (Lipinski definition) is 0. The fourth-order valence-corrected chi connectivity index (χ4v) is 1.80. The minimum Gasteiger partial charge on any atom is -0.489 e. The molecule has 0 saturated carbocycles. The summed E-state index contributed by atoms with van der Waals surface area (Å²) in [6.07, 6.45) is 0.0843. The minimum absolute atomic E-state index is 0.0843. The van der Waals surface area contributed by atoms with Crippen molar-refractivity contribution >= 4 is 11.6 Å². The second kappa shape index (κ2) is 5.61. The van der Waals surface area contributed by atoms with Crippen molar-refractivity contribution in [1.29, 1.82) is 0 Å². The van der Waals surface area contributed by atoms with Crippen LogP contribution in [-0.4, -0.2) is 16.2 Å².